The summed E-state index contributed by atoms with van der Waals surface area (Å²) in [6, 6.07) is 79.7. The summed E-state index contributed by atoms with van der Waals surface area (Å²) in [6.07, 6.45) is 0. The van der Waals surface area contributed by atoms with Gasteiger partial charge in [0.15, 0.2) is 17.5 Å². The summed E-state index contributed by atoms with van der Waals surface area (Å²) in [7, 11) is 0. The molecule has 12 aromatic rings. The minimum Gasteiger partial charge on any atom is -0.309 e. The van der Waals surface area contributed by atoms with Gasteiger partial charge in [-0.3, -0.25) is 0 Å². The highest BCUT2D eigenvalue weighted by atomic mass is 15.0. The fourth-order valence-corrected chi connectivity index (χ4v) is 12.0. The largest absolute Gasteiger partial charge is 0.309 e. The molecule has 1 spiro atoms. The Bertz CT molecular complexity index is 3890. The molecule has 0 atom stereocenters. The molecular weight excluding hydrogens is 801 g/mol. The van der Waals surface area contributed by atoms with Crippen LogP contribution in [-0.2, 0) is 5.41 Å². The molecule has 0 unspecified atom stereocenters. The van der Waals surface area contributed by atoms with Crippen LogP contribution in [0.3, 0.4) is 0 Å². The van der Waals surface area contributed by atoms with Crippen LogP contribution in [0, 0.1) is 0 Å². The second-order valence-electron chi connectivity index (χ2n) is 17.8. The Balaban J connectivity index is 1.13. The van der Waals surface area contributed by atoms with E-state index in [1.807, 2.05) is 12.1 Å². The summed E-state index contributed by atoms with van der Waals surface area (Å²) in [5, 5.41) is 4.98. The van der Waals surface area contributed by atoms with E-state index in [0.29, 0.717) is 17.5 Å². The molecule has 66 heavy (non-hydrogen) atoms. The lowest BCUT2D eigenvalue weighted by Crippen LogP contribution is -2.26. The molecule has 0 radical (unpaired) electrons. The molecule has 4 heteroatoms. The van der Waals surface area contributed by atoms with Crippen molar-refractivity contribution in [3.8, 4) is 84.4 Å². The Morgan fingerprint density at radius 3 is 1.48 bits per heavy atom. The van der Waals surface area contributed by atoms with Gasteiger partial charge in [-0.2, -0.15) is 0 Å². The van der Waals surface area contributed by atoms with Crippen molar-refractivity contribution in [2.75, 3.05) is 0 Å². The van der Waals surface area contributed by atoms with Crippen molar-refractivity contribution in [1.82, 2.24) is 19.5 Å². The first-order valence-electron chi connectivity index (χ1n) is 22.7. The van der Waals surface area contributed by atoms with Crippen LogP contribution < -0.4 is 0 Å². The first-order valence-corrected chi connectivity index (χ1v) is 22.7. The van der Waals surface area contributed by atoms with Gasteiger partial charge in [-0.05, 0) is 102 Å². The van der Waals surface area contributed by atoms with Crippen molar-refractivity contribution < 1.29 is 0 Å². The van der Waals surface area contributed by atoms with Gasteiger partial charge < -0.3 is 4.57 Å². The van der Waals surface area contributed by atoms with Crippen LogP contribution in [0.1, 0.15) is 22.3 Å². The van der Waals surface area contributed by atoms with E-state index in [9.17, 15) is 0 Å². The van der Waals surface area contributed by atoms with Gasteiger partial charge in [0.25, 0.3) is 0 Å². The molecule has 0 saturated heterocycles. The Labute approximate surface area is 380 Å². The van der Waals surface area contributed by atoms with Gasteiger partial charge in [0.2, 0.25) is 0 Å². The number of aromatic nitrogens is 4. The molecule has 0 amide bonds. The number of fused-ring (bicyclic) bond motifs is 16. The van der Waals surface area contributed by atoms with Gasteiger partial charge in [0.05, 0.1) is 16.4 Å². The predicted octanol–water partition coefficient (Wildman–Crippen LogP) is 15.1. The van der Waals surface area contributed by atoms with Crippen LogP contribution >= 0.6 is 0 Å². The molecule has 10 aromatic carbocycles. The van der Waals surface area contributed by atoms with Crippen LogP contribution in [0.2, 0.25) is 0 Å². The number of hydrogen-bond acceptors (Lipinski definition) is 3. The Hall–Kier alpha value is -8.73. The molecular formula is C62H36N4. The standard InChI is InChI=1S/C62H36N4/c1-3-17-38(18-4-1)59-63-60(39-19-5-2-6-20-39)65-61(64-59)58-56-47-28-16-22-37-21-15-27-45(55(37)47)48(56)36-52-57(58)46-34-33-40(66-53-31-13-9-25-43(53)44-26-10-14-32-54(44)66)35-51(46)62(52)49-29-11-7-23-41(49)42-24-8-12-30-50(42)62/h1-36H. The molecule has 4 nitrogen and oxygen atoms in total. The van der Waals surface area contributed by atoms with E-state index in [2.05, 4.69) is 211 Å². The zero-order chi connectivity index (χ0) is 43.1. The lowest BCUT2D eigenvalue weighted by atomic mass is 9.69. The van der Waals surface area contributed by atoms with E-state index in [0.717, 1.165) is 27.9 Å². The van der Waals surface area contributed by atoms with E-state index in [1.165, 1.54) is 93.8 Å². The number of para-hydroxylation sites is 2. The summed E-state index contributed by atoms with van der Waals surface area (Å²) in [5.41, 5.74) is 20.5. The monoisotopic (exact) mass is 836 g/mol. The maximum absolute atomic E-state index is 5.56. The summed E-state index contributed by atoms with van der Waals surface area (Å²) in [5.74, 6) is 1.95. The lowest BCUT2D eigenvalue weighted by molar-refractivity contribution is 0.793. The van der Waals surface area contributed by atoms with Crippen LogP contribution in [0.4, 0.5) is 0 Å². The summed E-state index contributed by atoms with van der Waals surface area (Å²) >= 11 is 0. The molecule has 3 aliphatic rings. The third-order valence-corrected chi connectivity index (χ3v) is 14.6. The van der Waals surface area contributed by atoms with E-state index in [1.54, 1.807) is 0 Å². The fraction of sp³-hybridized carbons (Fsp3) is 0.0161. The highest BCUT2D eigenvalue weighted by Crippen LogP contribution is 2.67. The average Bonchev–Trinajstić information content (AvgIpc) is 4.09. The topological polar surface area (TPSA) is 43.6 Å². The van der Waals surface area contributed by atoms with E-state index in [4.69, 9.17) is 15.0 Å². The zero-order valence-corrected chi connectivity index (χ0v) is 35.6. The Morgan fingerprint density at radius 2 is 0.848 bits per heavy atom. The van der Waals surface area contributed by atoms with Gasteiger partial charge in [-0.15, -0.1) is 0 Å². The highest BCUT2D eigenvalue weighted by molar-refractivity contribution is 6.21. The Kier molecular flexibility index (Phi) is 7.12. The maximum atomic E-state index is 5.56. The SMILES string of the molecule is c1ccc(-c2nc(-c3ccccc3)nc(-c3c4c(cc5c3-c3ccc(-n6c7ccccc7c7ccccc76)cc3C53c5ccccc5-c5ccccc53)-c3cccc5cccc-4c35)n2)cc1. The second-order valence-corrected chi connectivity index (χ2v) is 17.8. The zero-order valence-electron chi connectivity index (χ0n) is 35.6. The summed E-state index contributed by atoms with van der Waals surface area (Å²) in [6.45, 7) is 0. The third kappa shape index (κ3) is 4.59. The van der Waals surface area contributed by atoms with Gasteiger partial charge >= 0.3 is 0 Å². The molecule has 2 heterocycles. The first-order chi connectivity index (χ1) is 32.8. The van der Waals surface area contributed by atoms with Gasteiger partial charge in [0, 0.05) is 38.7 Å². The molecule has 0 aliphatic heterocycles. The van der Waals surface area contributed by atoms with Gasteiger partial charge in [-0.1, -0.05) is 188 Å². The number of benzene rings is 10. The Morgan fingerprint density at radius 1 is 0.318 bits per heavy atom. The van der Waals surface area contributed by atoms with Crippen LogP contribution in [0.15, 0.2) is 218 Å². The van der Waals surface area contributed by atoms with Crippen LogP contribution in [-0.4, -0.2) is 19.5 Å². The molecule has 304 valence electrons. The lowest BCUT2D eigenvalue weighted by Gasteiger charge is -2.31. The van der Waals surface area contributed by atoms with Crippen molar-refractivity contribution in [1.29, 1.82) is 0 Å². The van der Waals surface area contributed by atoms with Crippen molar-refractivity contribution in [2.45, 2.75) is 5.41 Å². The maximum Gasteiger partial charge on any atom is 0.165 e. The summed E-state index contributed by atoms with van der Waals surface area (Å²) < 4.78 is 2.45. The summed E-state index contributed by atoms with van der Waals surface area (Å²) in [4.78, 5) is 16.3. The minimum absolute atomic E-state index is 0.644. The smallest absolute Gasteiger partial charge is 0.165 e. The molecule has 0 bridgehead atoms. The third-order valence-electron chi connectivity index (χ3n) is 14.6. The predicted molar refractivity (Wildman–Crippen MR) is 269 cm³/mol. The molecule has 0 fully saturated rings. The van der Waals surface area contributed by atoms with Crippen LogP contribution in [0.5, 0.6) is 0 Å². The average molecular weight is 837 g/mol. The van der Waals surface area contributed by atoms with Crippen molar-refractivity contribution >= 4 is 32.6 Å². The molecule has 0 saturated carbocycles. The van der Waals surface area contributed by atoms with Crippen molar-refractivity contribution in [3.05, 3.63) is 241 Å². The van der Waals surface area contributed by atoms with E-state index in [-0.39, 0.29) is 0 Å². The number of rotatable bonds is 4. The highest BCUT2D eigenvalue weighted by Gasteiger charge is 2.53. The number of nitrogens with zero attached hydrogens (tertiary/aromatic N) is 4. The van der Waals surface area contributed by atoms with E-state index >= 15 is 0 Å². The first kappa shape index (κ1) is 35.7. The molecule has 15 rings (SSSR count). The van der Waals surface area contributed by atoms with Crippen LogP contribution in [0.25, 0.3) is 117 Å². The van der Waals surface area contributed by atoms with Crippen molar-refractivity contribution in [3.63, 3.8) is 0 Å². The quantitative estimate of drug-likeness (QED) is 0.177. The van der Waals surface area contributed by atoms with Gasteiger partial charge in [0.1, 0.15) is 0 Å². The fourth-order valence-electron chi connectivity index (χ4n) is 12.0. The molecule has 3 aliphatic carbocycles. The van der Waals surface area contributed by atoms with Gasteiger partial charge in [-0.25, -0.2) is 15.0 Å². The minimum atomic E-state index is -0.656. The normalized spacial score (nSPS) is 13.3. The molecule has 0 N–H and O–H groups in total. The number of hydrogen-bond donors (Lipinski definition) is 0. The van der Waals surface area contributed by atoms with E-state index < -0.39 is 5.41 Å². The van der Waals surface area contributed by atoms with Crippen molar-refractivity contribution in [2.24, 2.45) is 0 Å². The molecule has 2 aromatic heterocycles. The second kappa shape index (κ2) is 13.2.